The first-order valence-electron chi connectivity index (χ1n) is 12.0. The summed E-state index contributed by atoms with van der Waals surface area (Å²) in [6, 6.07) is 11.3. The van der Waals surface area contributed by atoms with Crippen molar-refractivity contribution in [2.24, 2.45) is 10.2 Å². The molecule has 13 heteroatoms. The minimum absolute atomic E-state index is 0.0806. The van der Waals surface area contributed by atoms with Crippen molar-refractivity contribution in [3.05, 3.63) is 48.0 Å². The van der Waals surface area contributed by atoms with Gasteiger partial charge in [0.05, 0.1) is 25.3 Å². The highest BCUT2D eigenvalue weighted by Crippen LogP contribution is 2.27. The van der Waals surface area contributed by atoms with Crippen LogP contribution in [0.1, 0.15) is 31.2 Å². The van der Waals surface area contributed by atoms with Crippen LogP contribution < -0.4 is 20.1 Å². The van der Waals surface area contributed by atoms with Crippen molar-refractivity contribution in [3.8, 4) is 11.5 Å². The maximum absolute atomic E-state index is 12.8. The predicted octanol–water partition coefficient (Wildman–Crippen LogP) is 2.83. The zero-order valence-electron chi connectivity index (χ0n) is 21.0. The van der Waals surface area contributed by atoms with Crippen LogP contribution >= 0.6 is 11.8 Å². The lowest BCUT2D eigenvalue weighted by atomic mass is 10.2. The van der Waals surface area contributed by atoms with Gasteiger partial charge < -0.3 is 20.1 Å². The molecule has 2 heterocycles. The molecule has 0 aliphatic carbocycles. The first kappa shape index (κ1) is 27.6. The molecule has 2 fully saturated rings. The fourth-order valence-electron chi connectivity index (χ4n) is 4.01. The monoisotopic (exact) mass is 559 g/mol. The van der Waals surface area contributed by atoms with Crippen molar-refractivity contribution in [3.63, 3.8) is 0 Å². The fourth-order valence-corrected chi connectivity index (χ4v) is 6.45. The fraction of sp³-hybridized carbons (Fsp3) is 0.360. The number of thioether (sulfide) groups is 1. The molecule has 2 aromatic carbocycles. The summed E-state index contributed by atoms with van der Waals surface area (Å²) in [5.74, 6) is 0.429. The van der Waals surface area contributed by atoms with E-state index in [2.05, 4.69) is 20.8 Å². The van der Waals surface area contributed by atoms with E-state index in [4.69, 9.17) is 9.47 Å². The first-order valence-corrected chi connectivity index (χ1v) is 14.3. The summed E-state index contributed by atoms with van der Waals surface area (Å²) in [5, 5.41) is 13.0. The SMILES string of the molecule is COc1ccc(/C=N\N=C2\NC(=O)[C@H](CC(=O)Nc3ccc(S(=O)(=O)N4CCCCC4)cc3)S2)cc1OC. The van der Waals surface area contributed by atoms with Gasteiger partial charge in [-0.15, -0.1) is 5.10 Å². The highest BCUT2D eigenvalue weighted by Gasteiger charge is 2.32. The number of piperidine rings is 1. The number of nitrogens with one attached hydrogen (secondary N) is 2. The number of hydrogen-bond acceptors (Lipinski definition) is 9. The van der Waals surface area contributed by atoms with Crippen LogP contribution in [0.25, 0.3) is 0 Å². The normalized spacial score (nSPS) is 19.5. The third-order valence-corrected chi connectivity index (χ3v) is 8.99. The third kappa shape index (κ3) is 6.71. The van der Waals surface area contributed by atoms with Gasteiger partial charge in [0.1, 0.15) is 5.25 Å². The number of ether oxygens (including phenoxy) is 2. The standard InChI is InChI=1S/C25H29N5O6S2/c1-35-20-11-6-17(14-21(20)36-2)16-26-29-25-28-24(32)22(37-25)15-23(31)27-18-7-9-19(10-8-18)38(33,34)30-12-4-3-5-13-30/h6-11,14,16,22H,3-5,12-13,15H2,1-2H3,(H,27,31)(H,28,29,32)/b26-16-/t22-/m0/s1. The van der Waals surface area contributed by atoms with Crippen LogP contribution in [0.5, 0.6) is 11.5 Å². The maximum Gasteiger partial charge on any atom is 0.243 e. The van der Waals surface area contributed by atoms with E-state index < -0.39 is 15.3 Å². The zero-order valence-corrected chi connectivity index (χ0v) is 22.7. The molecule has 2 saturated heterocycles. The Balaban J connectivity index is 1.31. The van der Waals surface area contributed by atoms with Gasteiger partial charge in [0, 0.05) is 25.2 Å². The van der Waals surface area contributed by atoms with Crippen LogP contribution in [0.2, 0.25) is 0 Å². The molecule has 38 heavy (non-hydrogen) atoms. The van der Waals surface area contributed by atoms with Gasteiger partial charge >= 0.3 is 0 Å². The number of hydrogen-bond donors (Lipinski definition) is 2. The number of amidine groups is 1. The van der Waals surface area contributed by atoms with Gasteiger partial charge in [-0.05, 0) is 60.9 Å². The number of sulfonamides is 1. The second kappa shape index (κ2) is 12.4. The molecular weight excluding hydrogens is 530 g/mol. The number of carbonyl (C=O) groups excluding carboxylic acids is 2. The molecule has 202 valence electrons. The molecule has 2 aromatic rings. The average Bonchev–Trinajstić information content (AvgIpc) is 3.27. The van der Waals surface area contributed by atoms with E-state index in [1.807, 2.05) is 0 Å². The smallest absolute Gasteiger partial charge is 0.243 e. The number of benzene rings is 2. The highest BCUT2D eigenvalue weighted by molar-refractivity contribution is 8.15. The molecule has 11 nitrogen and oxygen atoms in total. The van der Waals surface area contributed by atoms with Crippen LogP contribution in [0, 0.1) is 0 Å². The van der Waals surface area contributed by atoms with E-state index in [1.165, 1.54) is 29.8 Å². The minimum atomic E-state index is -3.54. The average molecular weight is 560 g/mol. The molecule has 0 radical (unpaired) electrons. The summed E-state index contributed by atoms with van der Waals surface area (Å²) in [6.45, 7) is 1.05. The van der Waals surface area contributed by atoms with Crippen molar-refractivity contribution in [2.75, 3.05) is 32.6 Å². The van der Waals surface area contributed by atoms with Crippen LogP contribution in [0.4, 0.5) is 5.69 Å². The molecule has 2 aliphatic rings. The van der Waals surface area contributed by atoms with Gasteiger partial charge in [-0.1, -0.05) is 18.2 Å². The molecule has 1 atom stereocenters. The predicted molar refractivity (Wildman–Crippen MR) is 146 cm³/mol. The molecule has 2 aliphatic heterocycles. The van der Waals surface area contributed by atoms with Crippen LogP contribution in [0.15, 0.2) is 57.6 Å². The number of rotatable bonds is 9. The van der Waals surface area contributed by atoms with Gasteiger partial charge in [-0.25, -0.2) is 8.42 Å². The van der Waals surface area contributed by atoms with Crippen molar-refractivity contribution in [1.29, 1.82) is 0 Å². The molecule has 0 saturated carbocycles. The van der Waals surface area contributed by atoms with Gasteiger partial charge in [0.2, 0.25) is 21.8 Å². The summed E-state index contributed by atoms with van der Waals surface area (Å²) in [4.78, 5) is 25.1. The maximum atomic E-state index is 12.8. The molecule has 4 rings (SSSR count). The molecular formula is C25H29N5O6S2. The number of amides is 2. The lowest BCUT2D eigenvalue weighted by Gasteiger charge is -2.25. The van der Waals surface area contributed by atoms with E-state index in [1.54, 1.807) is 37.4 Å². The van der Waals surface area contributed by atoms with E-state index in [9.17, 15) is 18.0 Å². The Morgan fingerprint density at radius 2 is 1.82 bits per heavy atom. The zero-order chi connectivity index (χ0) is 27.1. The second-order valence-corrected chi connectivity index (χ2v) is 11.7. The van der Waals surface area contributed by atoms with Gasteiger partial charge in [-0.3, -0.25) is 9.59 Å². The Kier molecular flexibility index (Phi) is 9.02. The first-order chi connectivity index (χ1) is 18.3. The van der Waals surface area contributed by atoms with Crippen LogP contribution in [-0.4, -0.2) is 68.5 Å². The highest BCUT2D eigenvalue weighted by atomic mass is 32.2. The van der Waals surface area contributed by atoms with Crippen molar-refractivity contribution in [2.45, 2.75) is 35.8 Å². The van der Waals surface area contributed by atoms with E-state index in [0.717, 1.165) is 36.6 Å². The number of carbonyl (C=O) groups is 2. The summed E-state index contributed by atoms with van der Waals surface area (Å²) in [7, 11) is -0.457. The molecule has 0 spiro atoms. The lowest BCUT2D eigenvalue weighted by Crippen LogP contribution is -2.35. The Hall–Kier alpha value is -3.42. The number of anilines is 1. The summed E-state index contributed by atoms with van der Waals surface area (Å²) < 4.78 is 37.5. The number of nitrogens with zero attached hydrogens (tertiary/aromatic N) is 3. The summed E-state index contributed by atoms with van der Waals surface area (Å²) in [6.07, 6.45) is 4.18. The van der Waals surface area contributed by atoms with Crippen molar-refractivity contribution < 1.29 is 27.5 Å². The van der Waals surface area contributed by atoms with Crippen LogP contribution in [0.3, 0.4) is 0 Å². The lowest BCUT2D eigenvalue weighted by molar-refractivity contribution is -0.122. The summed E-state index contributed by atoms with van der Waals surface area (Å²) >= 11 is 1.11. The number of methoxy groups -OCH3 is 2. The van der Waals surface area contributed by atoms with Gasteiger partial charge in [0.25, 0.3) is 0 Å². The molecule has 2 amide bonds. The second-order valence-electron chi connectivity index (χ2n) is 8.60. The molecule has 2 N–H and O–H groups in total. The van der Waals surface area contributed by atoms with E-state index in [0.29, 0.717) is 30.3 Å². The largest absolute Gasteiger partial charge is 0.493 e. The Morgan fingerprint density at radius 3 is 2.50 bits per heavy atom. The van der Waals surface area contributed by atoms with E-state index in [-0.39, 0.29) is 28.3 Å². The van der Waals surface area contributed by atoms with E-state index >= 15 is 0 Å². The minimum Gasteiger partial charge on any atom is -0.493 e. The Bertz CT molecular complexity index is 1340. The Morgan fingerprint density at radius 1 is 1.11 bits per heavy atom. The summed E-state index contributed by atoms with van der Waals surface area (Å²) in [5.41, 5.74) is 1.18. The van der Waals surface area contributed by atoms with Gasteiger partial charge in [0.15, 0.2) is 16.7 Å². The Labute approximate surface area is 225 Å². The molecule has 0 aromatic heterocycles. The van der Waals surface area contributed by atoms with Crippen molar-refractivity contribution in [1.82, 2.24) is 9.62 Å². The topological polar surface area (TPSA) is 139 Å². The van der Waals surface area contributed by atoms with Crippen LogP contribution in [-0.2, 0) is 19.6 Å². The third-order valence-electron chi connectivity index (χ3n) is 6.00. The van der Waals surface area contributed by atoms with Crippen molar-refractivity contribution >= 4 is 50.7 Å². The quantitative estimate of drug-likeness (QED) is 0.356. The molecule has 0 unspecified atom stereocenters. The van der Waals surface area contributed by atoms with Gasteiger partial charge in [-0.2, -0.15) is 9.41 Å². The molecule has 0 bridgehead atoms.